The first kappa shape index (κ1) is 17.7. The maximum absolute atomic E-state index is 12.3. The zero-order valence-electron chi connectivity index (χ0n) is 13.5. The molecule has 132 valence electrons. The SMILES string of the molecule is Cc1ccc(S(=O)(=O)NCC2CN(c3ccc(Cl)cc3)C(=O)O2)cc1. The summed E-state index contributed by atoms with van der Waals surface area (Å²) in [6.07, 6.45) is -1.08. The molecule has 0 aliphatic carbocycles. The molecule has 25 heavy (non-hydrogen) atoms. The minimum atomic E-state index is -3.65. The smallest absolute Gasteiger partial charge is 0.414 e. The molecule has 2 aromatic rings. The standard InChI is InChI=1S/C17H17ClN2O4S/c1-12-2-8-16(9-3-12)25(22,23)19-10-15-11-20(17(21)24-15)14-6-4-13(18)5-7-14/h2-9,15,19H,10-11H2,1H3. The lowest BCUT2D eigenvalue weighted by Crippen LogP contribution is -2.34. The Labute approximate surface area is 151 Å². The minimum absolute atomic E-state index is 0.00599. The van der Waals surface area contributed by atoms with Gasteiger partial charge in [0.2, 0.25) is 10.0 Å². The van der Waals surface area contributed by atoms with Crippen LogP contribution in [0.5, 0.6) is 0 Å². The number of carbonyl (C=O) groups is 1. The van der Waals surface area contributed by atoms with Crippen LogP contribution >= 0.6 is 11.6 Å². The van der Waals surface area contributed by atoms with Crippen molar-refractivity contribution in [3.05, 3.63) is 59.1 Å². The first-order valence-corrected chi connectivity index (χ1v) is 9.51. The Morgan fingerprint density at radius 1 is 1.16 bits per heavy atom. The summed E-state index contributed by atoms with van der Waals surface area (Å²) in [6.45, 7) is 2.15. The Kier molecular flexibility index (Phi) is 4.99. The molecule has 1 amide bonds. The molecule has 1 saturated heterocycles. The summed E-state index contributed by atoms with van der Waals surface area (Å²) in [5, 5.41) is 0.568. The molecular formula is C17H17ClN2O4S. The van der Waals surface area contributed by atoms with Crippen molar-refractivity contribution in [1.82, 2.24) is 4.72 Å². The molecule has 1 atom stereocenters. The van der Waals surface area contributed by atoms with E-state index in [1.54, 1.807) is 48.5 Å². The first-order valence-electron chi connectivity index (χ1n) is 7.65. The summed E-state index contributed by atoms with van der Waals surface area (Å²) in [5.41, 5.74) is 1.63. The van der Waals surface area contributed by atoms with E-state index in [0.717, 1.165) is 5.56 Å². The van der Waals surface area contributed by atoms with E-state index in [4.69, 9.17) is 16.3 Å². The molecular weight excluding hydrogens is 364 g/mol. The van der Waals surface area contributed by atoms with Gasteiger partial charge in [-0.3, -0.25) is 4.90 Å². The van der Waals surface area contributed by atoms with E-state index >= 15 is 0 Å². The molecule has 6 nitrogen and oxygen atoms in total. The zero-order chi connectivity index (χ0) is 18.0. The highest BCUT2D eigenvalue weighted by Gasteiger charge is 2.33. The predicted octanol–water partition coefficient (Wildman–Crippen LogP) is 2.95. The second-order valence-electron chi connectivity index (χ2n) is 5.76. The molecule has 0 aromatic heterocycles. The van der Waals surface area contributed by atoms with Crippen molar-refractivity contribution in [2.75, 3.05) is 18.0 Å². The zero-order valence-corrected chi connectivity index (χ0v) is 15.0. The van der Waals surface area contributed by atoms with E-state index in [1.165, 1.54) is 4.90 Å². The van der Waals surface area contributed by atoms with Crippen LogP contribution in [0.4, 0.5) is 10.5 Å². The van der Waals surface area contributed by atoms with Crippen molar-refractivity contribution < 1.29 is 17.9 Å². The van der Waals surface area contributed by atoms with Gasteiger partial charge < -0.3 is 4.74 Å². The number of nitrogens with zero attached hydrogens (tertiary/aromatic N) is 1. The summed E-state index contributed by atoms with van der Waals surface area (Å²) < 4.78 is 32.3. The van der Waals surface area contributed by atoms with E-state index in [9.17, 15) is 13.2 Å². The van der Waals surface area contributed by atoms with Crippen molar-refractivity contribution >= 4 is 33.4 Å². The van der Waals surface area contributed by atoms with Crippen LogP contribution in [-0.2, 0) is 14.8 Å². The number of sulfonamides is 1. The maximum atomic E-state index is 12.3. The van der Waals surface area contributed by atoms with Crippen molar-refractivity contribution in [3.63, 3.8) is 0 Å². The van der Waals surface area contributed by atoms with Gasteiger partial charge in [0.25, 0.3) is 0 Å². The molecule has 0 spiro atoms. The van der Waals surface area contributed by atoms with Crippen molar-refractivity contribution in [1.29, 1.82) is 0 Å². The Hall–Kier alpha value is -2.09. The van der Waals surface area contributed by atoms with Gasteiger partial charge in [0.1, 0.15) is 6.10 Å². The number of cyclic esters (lactones) is 1. The van der Waals surface area contributed by atoms with Gasteiger partial charge in [0.15, 0.2) is 0 Å². The number of halogens is 1. The highest BCUT2D eigenvalue weighted by Crippen LogP contribution is 2.23. The average Bonchev–Trinajstić information content (AvgIpc) is 2.95. The fourth-order valence-electron chi connectivity index (χ4n) is 2.46. The van der Waals surface area contributed by atoms with E-state index < -0.39 is 22.2 Å². The second kappa shape index (κ2) is 7.03. The molecule has 8 heteroatoms. The molecule has 2 aromatic carbocycles. The van der Waals surface area contributed by atoms with Gasteiger partial charge >= 0.3 is 6.09 Å². The second-order valence-corrected chi connectivity index (χ2v) is 7.96. The van der Waals surface area contributed by atoms with Gasteiger partial charge in [-0.15, -0.1) is 0 Å². The molecule has 1 N–H and O–H groups in total. The molecule has 0 saturated carbocycles. The van der Waals surface area contributed by atoms with E-state index in [2.05, 4.69) is 4.72 Å². The van der Waals surface area contributed by atoms with Crippen LogP contribution in [0.2, 0.25) is 5.02 Å². The normalized spacial score (nSPS) is 17.6. The van der Waals surface area contributed by atoms with Crippen LogP contribution in [0, 0.1) is 6.92 Å². The van der Waals surface area contributed by atoms with Crippen LogP contribution in [0.25, 0.3) is 0 Å². The molecule has 1 unspecified atom stereocenters. The monoisotopic (exact) mass is 380 g/mol. The maximum Gasteiger partial charge on any atom is 0.414 e. The molecule has 0 bridgehead atoms. The largest absolute Gasteiger partial charge is 0.443 e. The Bertz CT molecular complexity index is 867. The summed E-state index contributed by atoms with van der Waals surface area (Å²) in [7, 11) is -3.65. The number of rotatable bonds is 5. The number of benzene rings is 2. The van der Waals surface area contributed by atoms with Gasteiger partial charge in [-0.1, -0.05) is 29.3 Å². The minimum Gasteiger partial charge on any atom is -0.443 e. The summed E-state index contributed by atoms with van der Waals surface area (Å²) in [6, 6.07) is 13.3. The Morgan fingerprint density at radius 3 is 2.44 bits per heavy atom. The fourth-order valence-corrected chi connectivity index (χ4v) is 3.66. The quantitative estimate of drug-likeness (QED) is 0.865. The number of nitrogens with one attached hydrogen (secondary N) is 1. The van der Waals surface area contributed by atoms with Crippen molar-refractivity contribution in [2.24, 2.45) is 0 Å². The number of amides is 1. The van der Waals surface area contributed by atoms with Gasteiger partial charge in [-0.2, -0.15) is 0 Å². The lowest BCUT2D eigenvalue weighted by atomic mass is 10.2. The third kappa shape index (κ3) is 4.12. The molecule has 1 heterocycles. The molecule has 1 aliphatic rings. The van der Waals surface area contributed by atoms with Gasteiger partial charge in [-0.25, -0.2) is 17.9 Å². The van der Waals surface area contributed by atoms with Crippen molar-refractivity contribution in [3.8, 4) is 0 Å². The van der Waals surface area contributed by atoms with Crippen LogP contribution in [0.15, 0.2) is 53.4 Å². The van der Waals surface area contributed by atoms with Crippen LogP contribution in [0.3, 0.4) is 0 Å². The van der Waals surface area contributed by atoms with E-state index in [1.807, 2.05) is 6.92 Å². The van der Waals surface area contributed by atoms with E-state index in [0.29, 0.717) is 10.7 Å². The average molecular weight is 381 g/mol. The summed E-state index contributed by atoms with van der Waals surface area (Å²) >= 11 is 5.84. The lowest BCUT2D eigenvalue weighted by Gasteiger charge is -2.13. The molecule has 1 fully saturated rings. The van der Waals surface area contributed by atoms with Gasteiger partial charge in [0, 0.05) is 17.3 Å². The number of hydrogen-bond donors (Lipinski definition) is 1. The summed E-state index contributed by atoms with van der Waals surface area (Å²) in [4.78, 5) is 13.6. The highest BCUT2D eigenvalue weighted by molar-refractivity contribution is 7.89. The predicted molar refractivity (Wildman–Crippen MR) is 95.4 cm³/mol. The number of anilines is 1. The molecule has 1 aliphatic heterocycles. The number of carbonyl (C=O) groups excluding carboxylic acids is 1. The van der Waals surface area contributed by atoms with Crippen LogP contribution < -0.4 is 9.62 Å². The van der Waals surface area contributed by atoms with Crippen molar-refractivity contribution in [2.45, 2.75) is 17.9 Å². The van der Waals surface area contributed by atoms with E-state index in [-0.39, 0.29) is 18.0 Å². The van der Waals surface area contributed by atoms with Crippen LogP contribution in [-0.4, -0.2) is 33.7 Å². The van der Waals surface area contributed by atoms with Gasteiger partial charge in [-0.05, 0) is 43.3 Å². The Morgan fingerprint density at radius 2 is 1.80 bits per heavy atom. The van der Waals surface area contributed by atoms with Crippen LogP contribution in [0.1, 0.15) is 5.56 Å². The third-order valence-electron chi connectivity index (χ3n) is 3.84. The van der Waals surface area contributed by atoms with Gasteiger partial charge in [0.05, 0.1) is 11.4 Å². The number of aryl methyl sites for hydroxylation is 1. The first-order chi connectivity index (χ1) is 11.8. The summed E-state index contributed by atoms with van der Waals surface area (Å²) in [5.74, 6) is 0. The Balaban J connectivity index is 1.63. The highest BCUT2D eigenvalue weighted by atomic mass is 35.5. The number of ether oxygens (including phenoxy) is 1. The number of hydrogen-bond acceptors (Lipinski definition) is 4. The molecule has 3 rings (SSSR count). The fraction of sp³-hybridized carbons (Fsp3) is 0.235. The lowest BCUT2D eigenvalue weighted by molar-refractivity contribution is 0.143. The third-order valence-corrected chi connectivity index (χ3v) is 5.54. The molecule has 0 radical (unpaired) electrons. The topological polar surface area (TPSA) is 75.7 Å².